The number of rotatable bonds is 4. The first-order valence-corrected chi connectivity index (χ1v) is 6.98. The summed E-state index contributed by atoms with van der Waals surface area (Å²) in [6.45, 7) is 3.60. The van der Waals surface area contributed by atoms with Crippen molar-refractivity contribution in [1.29, 1.82) is 0 Å². The number of halogens is 1. The molecular formula is C9H13BrN2O2S. The summed E-state index contributed by atoms with van der Waals surface area (Å²) < 4.78 is 26.3. The molecule has 84 valence electrons. The van der Waals surface area contributed by atoms with E-state index in [9.17, 15) is 8.42 Å². The number of pyridine rings is 1. The Hall–Kier alpha value is -0.460. The van der Waals surface area contributed by atoms with E-state index in [1.54, 1.807) is 19.9 Å². The zero-order chi connectivity index (χ0) is 11.5. The average molecular weight is 293 g/mol. The Labute approximate surface area is 98.3 Å². The quantitative estimate of drug-likeness (QED) is 0.857. The Morgan fingerprint density at radius 2 is 2.20 bits per heavy atom. The minimum absolute atomic E-state index is 0.180. The van der Waals surface area contributed by atoms with E-state index >= 15 is 0 Å². The molecule has 1 heterocycles. The summed E-state index contributed by atoms with van der Waals surface area (Å²) in [6.07, 6.45) is 2.86. The van der Waals surface area contributed by atoms with Gasteiger partial charge in [0.1, 0.15) is 4.90 Å². The molecule has 0 unspecified atom stereocenters. The van der Waals surface area contributed by atoms with Gasteiger partial charge in [0.25, 0.3) is 0 Å². The van der Waals surface area contributed by atoms with E-state index in [1.807, 2.05) is 0 Å². The maximum atomic E-state index is 11.8. The van der Waals surface area contributed by atoms with Crippen LogP contribution in [-0.4, -0.2) is 24.3 Å². The van der Waals surface area contributed by atoms with Gasteiger partial charge in [-0.3, -0.25) is 4.98 Å². The largest absolute Gasteiger partial charge is 0.263 e. The number of sulfonamides is 1. The second kappa shape index (κ2) is 4.59. The predicted molar refractivity (Wildman–Crippen MR) is 62.4 cm³/mol. The molecule has 0 aliphatic heterocycles. The number of hydrogen-bond donors (Lipinski definition) is 1. The molecule has 1 aromatic rings. The molecule has 0 aliphatic rings. The van der Waals surface area contributed by atoms with Gasteiger partial charge in [0.2, 0.25) is 10.0 Å². The second-order valence-corrected chi connectivity index (χ2v) is 6.05. The van der Waals surface area contributed by atoms with Crippen LogP contribution >= 0.6 is 15.9 Å². The first-order chi connectivity index (χ1) is 6.87. The highest BCUT2D eigenvalue weighted by atomic mass is 79.9. The van der Waals surface area contributed by atoms with Crippen molar-refractivity contribution >= 4 is 26.0 Å². The lowest BCUT2D eigenvalue weighted by Gasteiger charge is -2.22. The van der Waals surface area contributed by atoms with Gasteiger partial charge in [-0.15, -0.1) is 0 Å². The van der Waals surface area contributed by atoms with Gasteiger partial charge < -0.3 is 0 Å². The molecule has 0 saturated heterocycles. The van der Waals surface area contributed by atoms with E-state index < -0.39 is 15.6 Å². The van der Waals surface area contributed by atoms with Gasteiger partial charge in [-0.25, -0.2) is 13.1 Å². The molecule has 1 N–H and O–H groups in total. The summed E-state index contributed by atoms with van der Waals surface area (Å²) in [5.74, 6) is 0. The second-order valence-electron chi connectivity index (χ2n) is 3.81. The molecule has 6 heteroatoms. The van der Waals surface area contributed by atoms with Crippen LogP contribution in [0, 0.1) is 0 Å². The molecule has 4 nitrogen and oxygen atoms in total. The van der Waals surface area contributed by atoms with Crippen LogP contribution in [0.15, 0.2) is 29.4 Å². The fourth-order valence-corrected chi connectivity index (χ4v) is 2.66. The van der Waals surface area contributed by atoms with Crippen molar-refractivity contribution in [2.45, 2.75) is 24.3 Å². The van der Waals surface area contributed by atoms with Crippen LogP contribution in [0.1, 0.15) is 13.8 Å². The molecule has 15 heavy (non-hydrogen) atoms. The molecule has 0 aromatic carbocycles. The van der Waals surface area contributed by atoms with Crippen LogP contribution in [0.25, 0.3) is 0 Å². The van der Waals surface area contributed by atoms with Gasteiger partial charge in [0.15, 0.2) is 0 Å². The lowest BCUT2D eigenvalue weighted by molar-refractivity contribution is 0.500. The fourth-order valence-electron chi connectivity index (χ4n) is 0.956. The maximum Gasteiger partial charge on any atom is 0.242 e. The molecule has 0 radical (unpaired) electrons. The first kappa shape index (κ1) is 12.6. The van der Waals surface area contributed by atoms with Crippen molar-refractivity contribution in [2.24, 2.45) is 0 Å². The van der Waals surface area contributed by atoms with Crippen molar-refractivity contribution in [3.63, 3.8) is 0 Å². The third-order valence-corrected chi connectivity index (χ3v) is 4.77. The summed E-state index contributed by atoms with van der Waals surface area (Å²) in [4.78, 5) is 3.96. The lowest BCUT2D eigenvalue weighted by atomic mass is 10.1. The molecule has 0 atom stereocenters. The summed E-state index contributed by atoms with van der Waals surface area (Å²) in [6, 6.07) is 3.11. The van der Waals surface area contributed by atoms with Gasteiger partial charge in [0, 0.05) is 23.3 Å². The molecule has 0 bridgehead atoms. The standard InChI is InChI=1S/C9H13BrN2O2S/c1-9(2,7-10)12-15(13,14)8-4-3-5-11-6-8/h3-6,12H,7H2,1-2H3. The number of aromatic nitrogens is 1. The minimum atomic E-state index is -3.47. The zero-order valence-electron chi connectivity index (χ0n) is 8.57. The van der Waals surface area contributed by atoms with Crippen molar-refractivity contribution in [2.75, 3.05) is 5.33 Å². The zero-order valence-corrected chi connectivity index (χ0v) is 11.0. The van der Waals surface area contributed by atoms with Crippen molar-refractivity contribution in [1.82, 2.24) is 9.71 Å². The van der Waals surface area contributed by atoms with Crippen LogP contribution in [-0.2, 0) is 10.0 Å². The van der Waals surface area contributed by atoms with Crippen molar-refractivity contribution in [3.05, 3.63) is 24.5 Å². The summed E-state index contributed by atoms with van der Waals surface area (Å²) in [5, 5.41) is 0.541. The van der Waals surface area contributed by atoms with E-state index in [1.165, 1.54) is 18.5 Å². The molecule has 1 aromatic heterocycles. The van der Waals surface area contributed by atoms with Crippen LogP contribution in [0.4, 0.5) is 0 Å². The van der Waals surface area contributed by atoms with Gasteiger partial charge in [-0.2, -0.15) is 0 Å². The smallest absolute Gasteiger partial charge is 0.242 e. The minimum Gasteiger partial charge on any atom is -0.263 e. The van der Waals surface area contributed by atoms with E-state index in [0.717, 1.165) is 0 Å². The Balaban J connectivity index is 2.96. The van der Waals surface area contributed by atoms with Gasteiger partial charge in [0.05, 0.1) is 0 Å². The molecule has 0 aliphatic carbocycles. The Kier molecular flexibility index (Phi) is 3.86. The van der Waals surface area contributed by atoms with E-state index in [0.29, 0.717) is 5.33 Å². The summed E-state index contributed by atoms with van der Waals surface area (Å²) in [7, 11) is -3.47. The van der Waals surface area contributed by atoms with E-state index in [4.69, 9.17) is 0 Å². The SMILES string of the molecule is CC(C)(CBr)NS(=O)(=O)c1cccnc1. The van der Waals surface area contributed by atoms with Gasteiger partial charge in [-0.05, 0) is 26.0 Å². The number of alkyl halides is 1. The first-order valence-electron chi connectivity index (χ1n) is 4.37. The highest BCUT2D eigenvalue weighted by Crippen LogP contribution is 2.13. The summed E-state index contributed by atoms with van der Waals surface area (Å²) >= 11 is 3.25. The maximum absolute atomic E-state index is 11.8. The monoisotopic (exact) mass is 292 g/mol. The van der Waals surface area contributed by atoms with E-state index in [2.05, 4.69) is 25.6 Å². The number of hydrogen-bond acceptors (Lipinski definition) is 3. The van der Waals surface area contributed by atoms with Crippen LogP contribution in [0.2, 0.25) is 0 Å². The van der Waals surface area contributed by atoms with Crippen molar-refractivity contribution in [3.8, 4) is 0 Å². The lowest BCUT2D eigenvalue weighted by Crippen LogP contribution is -2.44. The highest BCUT2D eigenvalue weighted by Gasteiger charge is 2.24. The molecule has 0 amide bonds. The summed E-state index contributed by atoms with van der Waals surface area (Å²) in [5.41, 5.74) is -0.519. The predicted octanol–water partition coefficient (Wildman–Crippen LogP) is 1.53. The van der Waals surface area contributed by atoms with E-state index in [-0.39, 0.29) is 4.90 Å². The fraction of sp³-hybridized carbons (Fsp3) is 0.444. The van der Waals surface area contributed by atoms with Crippen LogP contribution in [0.3, 0.4) is 0 Å². The normalized spacial score (nSPS) is 12.7. The van der Waals surface area contributed by atoms with Gasteiger partial charge in [-0.1, -0.05) is 15.9 Å². The molecule has 0 spiro atoms. The molecule has 0 saturated carbocycles. The number of nitrogens with zero attached hydrogens (tertiary/aromatic N) is 1. The third-order valence-electron chi connectivity index (χ3n) is 1.69. The Bertz CT molecular complexity index is 417. The number of nitrogens with one attached hydrogen (secondary N) is 1. The van der Waals surface area contributed by atoms with Crippen LogP contribution in [0.5, 0.6) is 0 Å². The molecule has 1 rings (SSSR count). The molecular weight excluding hydrogens is 280 g/mol. The van der Waals surface area contributed by atoms with Crippen molar-refractivity contribution < 1.29 is 8.42 Å². The Morgan fingerprint density at radius 3 is 2.67 bits per heavy atom. The average Bonchev–Trinajstić information content (AvgIpc) is 2.18. The Morgan fingerprint density at radius 1 is 1.53 bits per heavy atom. The van der Waals surface area contributed by atoms with Crippen LogP contribution < -0.4 is 4.72 Å². The molecule has 0 fully saturated rings. The topological polar surface area (TPSA) is 59.1 Å². The third kappa shape index (κ3) is 3.55. The highest BCUT2D eigenvalue weighted by molar-refractivity contribution is 9.09. The van der Waals surface area contributed by atoms with Gasteiger partial charge >= 0.3 is 0 Å².